The van der Waals surface area contributed by atoms with Gasteiger partial charge in [0.05, 0.1) is 6.21 Å². The largest absolute Gasteiger partial charge is 0.591 e. The average molecular weight is 468 g/mol. The maximum Gasteiger partial charge on any atom is 0.261 e. The summed E-state index contributed by atoms with van der Waals surface area (Å²) in [5.41, 5.74) is 0. The Morgan fingerprint density at radius 3 is 1.75 bits per heavy atom. The molecule has 4 rings (SSSR count). The quantitative estimate of drug-likeness (QED) is 0.336. The molecule has 2 aliphatic carbocycles. The predicted molar refractivity (Wildman–Crippen MR) is 139 cm³/mol. The lowest BCUT2D eigenvalue weighted by Crippen LogP contribution is -2.67. The zero-order valence-electron chi connectivity index (χ0n) is 20.2. The first kappa shape index (κ1) is 23.7. The van der Waals surface area contributed by atoms with Gasteiger partial charge in [-0.25, -0.2) is 0 Å². The van der Waals surface area contributed by atoms with Crippen LogP contribution in [0.3, 0.4) is 0 Å². The van der Waals surface area contributed by atoms with Gasteiger partial charge in [0, 0.05) is 12.0 Å². The molecule has 0 radical (unpaired) electrons. The van der Waals surface area contributed by atoms with E-state index in [4.69, 9.17) is 4.43 Å². The van der Waals surface area contributed by atoms with Gasteiger partial charge in [-0.2, -0.15) is 0 Å². The Hall–Kier alpha value is -1.40. The molecule has 5 atom stereocenters. The summed E-state index contributed by atoms with van der Waals surface area (Å²) in [5, 5.41) is 2.70. The van der Waals surface area contributed by atoms with E-state index >= 15 is 0 Å². The van der Waals surface area contributed by atoms with Crippen LogP contribution in [0.15, 0.2) is 65.1 Å². The molecule has 0 N–H and O–H groups in total. The lowest BCUT2D eigenvalue weighted by Gasteiger charge is -2.45. The van der Waals surface area contributed by atoms with E-state index in [0.717, 1.165) is 12.8 Å². The topological polar surface area (TPSA) is 44.7 Å². The maximum atomic E-state index is 12.3. The van der Waals surface area contributed by atoms with Crippen molar-refractivity contribution in [2.75, 3.05) is 0 Å². The first-order chi connectivity index (χ1) is 15.0. The summed E-state index contributed by atoms with van der Waals surface area (Å²) in [7, 11) is -2.49. The van der Waals surface area contributed by atoms with Crippen molar-refractivity contribution in [1.29, 1.82) is 0 Å². The first-order valence-corrected chi connectivity index (χ1v) is 14.8. The van der Waals surface area contributed by atoms with Crippen LogP contribution in [0.5, 0.6) is 0 Å². The fourth-order valence-electron chi connectivity index (χ4n) is 5.38. The van der Waals surface area contributed by atoms with Crippen molar-refractivity contribution in [2.45, 2.75) is 70.3 Å². The van der Waals surface area contributed by atoms with Crippen molar-refractivity contribution >= 4 is 36.3 Å². The fraction of sp³-hybridized carbons (Fsp3) is 0.519. The molecule has 2 aromatic rings. The molecule has 3 nitrogen and oxygen atoms in total. The van der Waals surface area contributed by atoms with E-state index in [-0.39, 0.29) is 15.9 Å². The molecule has 0 aromatic heterocycles. The number of benzene rings is 2. The van der Waals surface area contributed by atoms with E-state index in [1.807, 2.05) is 27.0 Å². The van der Waals surface area contributed by atoms with Crippen molar-refractivity contribution < 1.29 is 8.98 Å². The third-order valence-electron chi connectivity index (χ3n) is 7.08. The van der Waals surface area contributed by atoms with E-state index < -0.39 is 19.7 Å². The Morgan fingerprint density at radius 1 is 0.875 bits per heavy atom. The second-order valence-corrected chi connectivity index (χ2v) is 17.6. The highest BCUT2D eigenvalue weighted by molar-refractivity contribution is 7.91. The van der Waals surface area contributed by atoms with Crippen LogP contribution in [-0.2, 0) is 15.8 Å². The SMILES string of the molecule is CC(C)(C)[S+]([O-])/N=C/[C@@H]1[C@H]2CC(O[Si](c3ccccc3)(c3ccccc3)C(C)(C)C)C[C@@H]12. The van der Waals surface area contributed by atoms with Gasteiger partial charge >= 0.3 is 0 Å². The van der Waals surface area contributed by atoms with Crippen molar-refractivity contribution in [1.82, 2.24) is 0 Å². The molecule has 2 aromatic carbocycles. The molecule has 2 saturated carbocycles. The third-order valence-corrected chi connectivity index (χ3v) is 13.5. The van der Waals surface area contributed by atoms with E-state index in [2.05, 4.69) is 85.8 Å². The van der Waals surface area contributed by atoms with Gasteiger partial charge in [-0.15, -0.1) is 0 Å². The maximum absolute atomic E-state index is 12.3. The molecule has 0 heterocycles. The van der Waals surface area contributed by atoms with Gasteiger partial charge in [-0.3, -0.25) is 0 Å². The molecule has 5 heteroatoms. The summed E-state index contributed by atoms with van der Waals surface area (Å²) in [4.78, 5) is 0. The van der Waals surface area contributed by atoms with Gasteiger partial charge in [0.15, 0.2) is 0 Å². The van der Waals surface area contributed by atoms with Crippen LogP contribution in [0, 0.1) is 17.8 Å². The van der Waals surface area contributed by atoms with Gasteiger partial charge in [0.25, 0.3) is 8.32 Å². The van der Waals surface area contributed by atoms with E-state index in [9.17, 15) is 4.55 Å². The zero-order chi connectivity index (χ0) is 23.1. The summed E-state index contributed by atoms with van der Waals surface area (Å²) in [6.07, 6.45) is 4.41. The smallest absolute Gasteiger partial charge is 0.261 e. The average Bonchev–Trinajstić information content (AvgIpc) is 3.20. The van der Waals surface area contributed by atoms with Crippen molar-refractivity contribution in [3.8, 4) is 0 Å². The van der Waals surface area contributed by atoms with Gasteiger partial charge in [0.1, 0.15) is 16.1 Å². The molecule has 172 valence electrons. The monoisotopic (exact) mass is 467 g/mol. The number of hydrogen-bond acceptors (Lipinski definition) is 3. The second-order valence-electron chi connectivity index (χ2n) is 11.4. The minimum absolute atomic E-state index is 0.00690. The van der Waals surface area contributed by atoms with Crippen molar-refractivity contribution in [3.63, 3.8) is 0 Å². The van der Waals surface area contributed by atoms with Crippen molar-refractivity contribution in [3.05, 3.63) is 60.7 Å². The molecule has 0 bridgehead atoms. The molecule has 32 heavy (non-hydrogen) atoms. The Bertz CT molecular complexity index is 884. The van der Waals surface area contributed by atoms with Crippen LogP contribution in [0.2, 0.25) is 5.04 Å². The molecule has 2 unspecified atom stereocenters. The minimum atomic E-state index is -2.49. The molecule has 0 saturated heterocycles. The van der Waals surface area contributed by atoms with Crippen molar-refractivity contribution in [2.24, 2.45) is 22.2 Å². The number of fused-ring (bicyclic) bond motifs is 1. The number of rotatable bonds is 6. The number of nitrogens with zero attached hydrogens (tertiary/aromatic N) is 1. The summed E-state index contributed by atoms with van der Waals surface area (Å²) in [6, 6.07) is 21.8. The zero-order valence-corrected chi connectivity index (χ0v) is 22.1. The lowest BCUT2D eigenvalue weighted by molar-refractivity contribution is 0.177. The summed E-state index contributed by atoms with van der Waals surface area (Å²) >= 11 is -1.17. The van der Waals surface area contributed by atoms with Gasteiger partial charge in [-0.05, 0) is 60.9 Å². The van der Waals surface area contributed by atoms with Crippen LogP contribution in [0.25, 0.3) is 0 Å². The van der Waals surface area contributed by atoms with E-state index in [1.54, 1.807) is 0 Å². The molecule has 2 aliphatic rings. The standard InChI is InChI=1S/C27H37NO2SSi/c1-26(2,3)31(29)28-19-25-23-17-20(18-24(23)25)30-32(27(4,5)6,21-13-9-7-10-14-21)22-15-11-8-12-16-22/h7-16,19-20,23-25H,17-18H2,1-6H3/b28-19+/t20?,23-,24+,25+,31?. The Morgan fingerprint density at radius 2 is 1.34 bits per heavy atom. The van der Waals surface area contributed by atoms with E-state index in [1.165, 1.54) is 10.4 Å². The molecule has 2 fully saturated rings. The van der Waals surface area contributed by atoms with Crippen LogP contribution in [0.1, 0.15) is 54.4 Å². The van der Waals surface area contributed by atoms with Gasteiger partial charge in [-0.1, -0.05) is 85.8 Å². The second kappa shape index (κ2) is 8.75. The Kier molecular flexibility index (Phi) is 6.49. The Balaban J connectivity index is 1.56. The molecular formula is C27H37NO2SSi. The van der Waals surface area contributed by atoms with Crippen LogP contribution in [0.4, 0.5) is 0 Å². The molecular weight excluding hydrogens is 430 g/mol. The van der Waals surface area contributed by atoms with Crippen LogP contribution in [-0.4, -0.2) is 29.9 Å². The first-order valence-electron chi connectivity index (χ1n) is 11.8. The molecule has 0 amide bonds. The molecule has 0 aliphatic heterocycles. The third kappa shape index (κ3) is 4.50. The number of hydrogen-bond donors (Lipinski definition) is 0. The highest BCUT2D eigenvalue weighted by Gasteiger charge is 2.59. The summed E-state index contributed by atoms with van der Waals surface area (Å²) < 4.78 is 23.7. The lowest BCUT2D eigenvalue weighted by atomic mass is 10.1. The van der Waals surface area contributed by atoms with Gasteiger partial charge < -0.3 is 8.98 Å². The van der Waals surface area contributed by atoms with Gasteiger partial charge in [0.2, 0.25) is 0 Å². The predicted octanol–water partition coefficient (Wildman–Crippen LogP) is 5.12. The summed E-state index contributed by atoms with van der Waals surface area (Å²) in [6.45, 7) is 12.9. The summed E-state index contributed by atoms with van der Waals surface area (Å²) in [5.74, 6) is 1.72. The van der Waals surface area contributed by atoms with Crippen LogP contribution < -0.4 is 10.4 Å². The fourth-order valence-corrected chi connectivity index (χ4v) is 10.7. The van der Waals surface area contributed by atoms with E-state index in [0.29, 0.717) is 17.8 Å². The van der Waals surface area contributed by atoms with Crippen LogP contribution >= 0.6 is 0 Å². The normalized spacial score (nSPS) is 26.8. The molecule has 0 spiro atoms. The highest BCUT2D eigenvalue weighted by Crippen LogP contribution is 2.58. The minimum Gasteiger partial charge on any atom is -0.591 e. The highest BCUT2D eigenvalue weighted by atomic mass is 32.2. The Labute approximate surface area is 198 Å².